The van der Waals surface area contributed by atoms with E-state index in [2.05, 4.69) is 31.1 Å². The average Bonchev–Trinajstić information content (AvgIpc) is 2.60. The van der Waals surface area contributed by atoms with Gasteiger partial charge in [0.1, 0.15) is 5.82 Å². The maximum absolute atomic E-state index is 13.4. The smallest absolute Gasteiger partial charge is 0.239 e. The van der Waals surface area contributed by atoms with Crippen LogP contribution in [0.25, 0.3) is 11.4 Å². The second-order valence-corrected chi connectivity index (χ2v) is 3.96. The molecule has 4 nitrogen and oxygen atoms in total. The Hall–Kier alpha value is -1.43. The number of nitrogens with one attached hydrogen (secondary N) is 1. The molecule has 2 aromatic rings. The number of rotatable bonds is 1. The predicted octanol–water partition coefficient (Wildman–Crippen LogP) is 2.26. The maximum atomic E-state index is 13.4. The largest absolute Gasteiger partial charge is 0.366 e. The molecule has 1 aromatic heterocycles. The number of aromatic nitrogens is 3. The molecule has 0 aliphatic rings. The molecule has 0 bridgehead atoms. The summed E-state index contributed by atoms with van der Waals surface area (Å²) >= 11 is 3.27. The zero-order valence-corrected chi connectivity index (χ0v) is 9.47. The molecule has 0 aliphatic carbocycles. The molecule has 1 aromatic carbocycles. The lowest BCUT2D eigenvalue weighted by Crippen LogP contribution is -1.89. The molecule has 0 atom stereocenters. The number of halogens is 2. The van der Waals surface area contributed by atoms with E-state index in [0.717, 1.165) is 0 Å². The fourth-order valence-electron chi connectivity index (χ4n) is 1.19. The number of anilines is 1. The van der Waals surface area contributed by atoms with Crippen molar-refractivity contribution in [2.75, 3.05) is 5.73 Å². The number of nitrogens with two attached hydrogens (primary N) is 1. The third-order valence-electron chi connectivity index (χ3n) is 2.06. The van der Waals surface area contributed by atoms with Gasteiger partial charge in [0, 0.05) is 10.0 Å². The standard InChI is InChI=1S/C9H8BrFN4/c1-4-6(10)2-5(3-7(4)11)8-13-9(12)15-14-8/h2-3H,1H3,(H3,12,13,14,15). The Labute approximate surface area is 93.8 Å². The van der Waals surface area contributed by atoms with Gasteiger partial charge in [-0.2, -0.15) is 4.98 Å². The van der Waals surface area contributed by atoms with Gasteiger partial charge in [-0.1, -0.05) is 15.9 Å². The van der Waals surface area contributed by atoms with E-state index in [9.17, 15) is 4.39 Å². The topological polar surface area (TPSA) is 67.6 Å². The number of H-pyrrole nitrogens is 1. The molecule has 2 rings (SSSR count). The molecule has 0 amide bonds. The Kier molecular flexibility index (Phi) is 2.44. The summed E-state index contributed by atoms with van der Waals surface area (Å²) in [6.45, 7) is 1.69. The Bertz CT molecular complexity index is 486. The molecular weight excluding hydrogens is 263 g/mol. The molecule has 0 spiro atoms. The number of hydrogen-bond acceptors (Lipinski definition) is 3. The highest BCUT2D eigenvalue weighted by atomic mass is 79.9. The van der Waals surface area contributed by atoms with Gasteiger partial charge in [-0.15, -0.1) is 5.10 Å². The van der Waals surface area contributed by atoms with Crippen molar-refractivity contribution in [2.45, 2.75) is 6.92 Å². The summed E-state index contributed by atoms with van der Waals surface area (Å²) in [5, 5.41) is 6.30. The fourth-order valence-corrected chi connectivity index (χ4v) is 1.62. The lowest BCUT2D eigenvalue weighted by molar-refractivity contribution is 0.617. The van der Waals surface area contributed by atoms with E-state index >= 15 is 0 Å². The number of aromatic amines is 1. The van der Waals surface area contributed by atoms with E-state index in [0.29, 0.717) is 21.4 Å². The summed E-state index contributed by atoms with van der Waals surface area (Å²) in [5.41, 5.74) is 6.53. The molecule has 3 N–H and O–H groups in total. The van der Waals surface area contributed by atoms with Crippen molar-refractivity contribution in [3.8, 4) is 11.4 Å². The van der Waals surface area contributed by atoms with E-state index in [1.165, 1.54) is 6.07 Å². The van der Waals surface area contributed by atoms with Crippen molar-refractivity contribution < 1.29 is 4.39 Å². The first kappa shape index (κ1) is 10.1. The predicted molar refractivity (Wildman–Crippen MR) is 58.6 cm³/mol. The highest BCUT2D eigenvalue weighted by Gasteiger charge is 2.09. The zero-order chi connectivity index (χ0) is 11.0. The average molecular weight is 271 g/mol. The molecule has 0 saturated heterocycles. The SMILES string of the molecule is Cc1c(F)cc(-c2nc(N)n[nH]2)cc1Br. The molecule has 0 aliphatic heterocycles. The first-order valence-electron chi connectivity index (χ1n) is 4.22. The number of hydrogen-bond donors (Lipinski definition) is 2. The van der Waals surface area contributed by atoms with E-state index in [1.54, 1.807) is 13.0 Å². The molecule has 6 heteroatoms. The quantitative estimate of drug-likeness (QED) is 0.836. The first-order valence-corrected chi connectivity index (χ1v) is 5.01. The Morgan fingerprint density at radius 3 is 2.73 bits per heavy atom. The second kappa shape index (κ2) is 3.62. The van der Waals surface area contributed by atoms with Gasteiger partial charge in [-0.05, 0) is 24.6 Å². The summed E-state index contributed by atoms with van der Waals surface area (Å²) in [7, 11) is 0. The monoisotopic (exact) mass is 270 g/mol. The maximum Gasteiger partial charge on any atom is 0.239 e. The molecule has 78 valence electrons. The number of benzene rings is 1. The second-order valence-electron chi connectivity index (χ2n) is 3.11. The third-order valence-corrected chi connectivity index (χ3v) is 2.88. The summed E-state index contributed by atoms with van der Waals surface area (Å²) in [4.78, 5) is 3.92. The van der Waals surface area contributed by atoms with Gasteiger partial charge in [0.05, 0.1) is 0 Å². The lowest BCUT2D eigenvalue weighted by atomic mass is 10.1. The van der Waals surface area contributed by atoms with Crippen LogP contribution in [0.4, 0.5) is 10.3 Å². The highest BCUT2D eigenvalue weighted by Crippen LogP contribution is 2.26. The number of nitrogens with zero attached hydrogens (tertiary/aromatic N) is 2. The minimum Gasteiger partial charge on any atom is -0.366 e. The summed E-state index contributed by atoms with van der Waals surface area (Å²) in [6.07, 6.45) is 0. The molecule has 0 unspecified atom stereocenters. The first-order chi connectivity index (χ1) is 7.08. The van der Waals surface area contributed by atoms with E-state index < -0.39 is 0 Å². The Morgan fingerprint density at radius 2 is 2.20 bits per heavy atom. The van der Waals surface area contributed by atoms with Crippen LogP contribution in [-0.4, -0.2) is 15.2 Å². The van der Waals surface area contributed by atoms with Crippen LogP contribution in [0.5, 0.6) is 0 Å². The van der Waals surface area contributed by atoms with Crippen molar-refractivity contribution in [1.82, 2.24) is 15.2 Å². The van der Waals surface area contributed by atoms with Crippen LogP contribution in [0, 0.1) is 12.7 Å². The Balaban J connectivity index is 2.55. The molecule has 0 saturated carbocycles. The van der Waals surface area contributed by atoms with Gasteiger partial charge in [0.25, 0.3) is 0 Å². The van der Waals surface area contributed by atoms with Crippen LogP contribution in [0.1, 0.15) is 5.56 Å². The van der Waals surface area contributed by atoms with E-state index in [-0.39, 0.29) is 11.8 Å². The minimum absolute atomic E-state index is 0.141. The van der Waals surface area contributed by atoms with Crippen LogP contribution in [-0.2, 0) is 0 Å². The van der Waals surface area contributed by atoms with Gasteiger partial charge in [0.2, 0.25) is 5.95 Å². The highest BCUT2D eigenvalue weighted by molar-refractivity contribution is 9.10. The van der Waals surface area contributed by atoms with Crippen LogP contribution in [0.2, 0.25) is 0 Å². The zero-order valence-electron chi connectivity index (χ0n) is 7.88. The molecule has 0 radical (unpaired) electrons. The normalized spacial score (nSPS) is 10.6. The van der Waals surface area contributed by atoms with E-state index in [4.69, 9.17) is 5.73 Å². The van der Waals surface area contributed by atoms with Gasteiger partial charge >= 0.3 is 0 Å². The van der Waals surface area contributed by atoms with Crippen LogP contribution >= 0.6 is 15.9 Å². The molecule has 15 heavy (non-hydrogen) atoms. The van der Waals surface area contributed by atoms with Crippen molar-refractivity contribution in [3.05, 3.63) is 28.0 Å². The van der Waals surface area contributed by atoms with Crippen LogP contribution < -0.4 is 5.73 Å². The molecular formula is C9H8BrFN4. The van der Waals surface area contributed by atoms with E-state index in [1.807, 2.05) is 0 Å². The summed E-state index contributed by atoms with van der Waals surface area (Å²) in [5.74, 6) is 0.295. The van der Waals surface area contributed by atoms with Crippen molar-refractivity contribution in [2.24, 2.45) is 0 Å². The number of nitrogen functional groups attached to an aromatic ring is 1. The van der Waals surface area contributed by atoms with Crippen molar-refractivity contribution in [1.29, 1.82) is 0 Å². The summed E-state index contributed by atoms with van der Waals surface area (Å²) in [6, 6.07) is 3.15. The summed E-state index contributed by atoms with van der Waals surface area (Å²) < 4.78 is 14.1. The molecule has 1 heterocycles. The fraction of sp³-hybridized carbons (Fsp3) is 0.111. The van der Waals surface area contributed by atoms with Crippen LogP contribution in [0.3, 0.4) is 0 Å². The van der Waals surface area contributed by atoms with Gasteiger partial charge in [-0.3, -0.25) is 5.10 Å². The third kappa shape index (κ3) is 1.85. The van der Waals surface area contributed by atoms with Crippen molar-refractivity contribution in [3.63, 3.8) is 0 Å². The Morgan fingerprint density at radius 1 is 1.47 bits per heavy atom. The van der Waals surface area contributed by atoms with Gasteiger partial charge in [-0.25, -0.2) is 4.39 Å². The minimum atomic E-state index is -0.297. The van der Waals surface area contributed by atoms with Gasteiger partial charge in [0.15, 0.2) is 5.82 Å². The lowest BCUT2D eigenvalue weighted by Gasteiger charge is -2.02. The molecule has 0 fully saturated rings. The van der Waals surface area contributed by atoms with Crippen molar-refractivity contribution >= 4 is 21.9 Å². The van der Waals surface area contributed by atoms with Gasteiger partial charge < -0.3 is 5.73 Å². The van der Waals surface area contributed by atoms with Crippen LogP contribution in [0.15, 0.2) is 16.6 Å².